The Labute approximate surface area is 160 Å². The number of thioether (sulfide) groups is 1. The van der Waals surface area contributed by atoms with Crippen LogP contribution in [0.1, 0.15) is 31.1 Å². The van der Waals surface area contributed by atoms with Gasteiger partial charge >= 0.3 is 0 Å². The molecule has 2 aromatic carbocycles. The molecule has 2 rings (SSSR count). The van der Waals surface area contributed by atoms with Crippen molar-refractivity contribution < 1.29 is 13.2 Å². The quantitative estimate of drug-likeness (QED) is 0.404. The molecule has 0 saturated carbocycles. The first-order valence-electron chi connectivity index (χ1n) is 8.35. The monoisotopic (exact) mass is 391 g/mol. The van der Waals surface area contributed by atoms with Gasteiger partial charge in [-0.15, -0.1) is 11.8 Å². The van der Waals surface area contributed by atoms with Gasteiger partial charge in [0, 0.05) is 10.5 Å². The lowest BCUT2D eigenvalue weighted by atomic mass is 10.0. The molecular formula is C20H25NO3S2. The minimum Gasteiger partial charge on any atom is -0.298 e. The van der Waals surface area contributed by atoms with Crippen molar-refractivity contribution in [2.75, 3.05) is 14.1 Å². The van der Waals surface area contributed by atoms with Crippen molar-refractivity contribution in [2.45, 2.75) is 40.7 Å². The summed E-state index contributed by atoms with van der Waals surface area (Å²) in [4.78, 5) is 16.2. The van der Waals surface area contributed by atoms with E-state index in [0.717, 1.165) is 4.90 Å². The van der Waals surface area contributed by atoms with Crippen molar-refractivity contribution in [2.24, 2.45) is 0 Å². The van der Waals surface area contributed by atoms with Crippen LogP contribution in [0, 0.1) is 0 Å². The summed E-state index contributed by atoms with van der Waals surface area (Å²) in [6.45, 7) is 5.03. The maximum absolute atomic E-state index is 12.9. The molecule has 0 heterocycles. The molecule has 26 heavy (non-hydrogen) atoms. The van der Waals surface area contributed by atoms with Gasteiger partial charge in [-0.25, -0.2) is 8.42 Å². The number of rotatable bonds is 7. The fraction of sp³-hybridized carbons (Fsp3) is 0.350. The van der Waals surface area contributed by atoms with Crippen LogP contribution in [0.3, 0.4) is 0 Å². The summed E-state index contributed by atoms with van der Waals surface area (Å²) < 4.78 is 24.3. The first kappa shape index (κ1) is 20.7. The van der Waals surface area contributed by atoms with Crippen LogP contribution in [0.15, 0.2) is 64.4 Å². The number of carbonyl (C=O) groups excluding carboxylic acids is 1. The van der Waals surface area contributed by atoms with Crippen molar-refractivity contribution >= 4 is 27.4 Å². The molecule has 1 unspecified atom stereocenters. The maximum atomic E-state index is 12.9. The molecule has 0 radical (unpaired) electrons. The van der Waals surface area contributed by atoms with Crippen molar-refractivity contribution in [3.05, 3.63) is 60.2 Å². The van der Waals surface area contributed by atoms with Gasteiger partial charge in [0.05, 0.1) is 10.3 Å². The molecule has 6 heteroatoms. The number of hydrogen-bond acceptors (Lipinski definition) is 5. The highest BCUT2D eigenvalue weighted by molar-refractivity contribution is 7.99. The van der Waals surface area contributed by atoms with Crippen LogP contribution in [0.25, 0.3) is 0 Å². The van der Waals surface area contributed by atoms with Gasteiger partial charge < -0.3 is 0 Å². The minimum atomic E-state index is -3.79. The Morgan fingerprint density at radius 1 is 1.00 bits per heavy atom. The Kier molecular flexibility index (Phi) is 6.32. The molecule has 0 fully saturated rings. The van der Waals surface area contributed by atoms with E-state index >= 15 is 0 Å². The predicted octanol–water partition coefficient (Wildman–Crippen LogP) is 4.12. The fourth-order valence-electron chi connectivity index (χ4n) is 2.35. The third-order valence-electron chi connectivity index (χ3n) is 4.42. The summed E-state index contributed by atoms with van der Waals surface area (Å²) in [5.74, 6) is -0.404. The number of nitrogens with zero attached hydrogens (tertiary/aromatic N) is 1. The van der Waals surface area contributed by atoms with Crippen LogP contribution in [0.5, 0.6) is 0 Å². The van der Waals surface area contributed by atoms with E-state index in [1.807, 2.05) is 26.2 Å². The average Bonchev–Trinajstić information content (AvgIpc) is 2.62. The lowest BCUT2D eigenvalue weighted by Crippen LogP contribution is -2.40. The summed E-state index contributed by atoms with van der Waals surface area (Å²) in [6.07, 6.45) is 0. The van der Waals surface area contributed by atoms with Crippen LogP contribution < -0.4 is 0 Å². The van der Waals surface area contributed by atoms with Gasteiger partial charge in [-0.05, 0) is 59.1 Å². The topological polar surface area (TPSA) is 54.5 Å². The zero-order valence-corrected chi connectivity index (χ0v) is 17.4. The summed E-state index contributed by atoms with van der Waals surface area (Å²) in [7, 11) is 0.225. The van der Waals surface area contributed by atoms with Crippen molar-refractivity contribution in [1.82, 2.24) is 4.90 Å². The Bertz CT molecular complexity index is 858. The number of benzene rings is 2. The van der Waals surface area contributed by atoms with E-state index in [2.05, 4.69) is 11.8 Å². The second kappa shape index (κ2) is 7.94. The van der Waals surface area contributed by atoms with Crippen LogP contribution in [0.2, 0.25) is 0 Å². The predicted molar refractivity (Wildman–Crippen MR) is 107 cm³/mol. The largest absolute Gasteiger partial charge is 0.298 e. The number of ketones is 1. The molecule has 0 aliphatic carbocycles. The number of Topliss-reactive ketones (excluding diaryl/α,β-unsaturated/α-hetero) is 1. The van der Waals surface area contributed by atoms with Gasteiger partial charge in [-0.2, -0.15) is 0 Å². The van der Waals surface area contributed by atoms with Crippen molar-refractivity contribution in [3.8, 4) is 0 Å². The van der Waals surface area contributed by atoms with Crippen LogP contribution >= 0.6 is 11.8 Å². The highest BCUT2D eigenvalue weighted by atomic mass is 32.2. The van der Waals surface area contributed by atoms with Crippen LogP contribution in [-0.4, -0.2) is 43.3 Å². The van der Waals surface area contributed by atoms with E-state index in [4.69, 9.17) is 0 Å². The molecule has 0 bridgehead atoms. The SMILES string of the molecule is CC(Sc1ccc(C(=O)C(C)(C)S(=O)(=O)c2ccccc2)cc1)N(C)C. The van der Waals surface area contributed by atoms with Crippen molar-refractivity contribution in [3.63, 3.8) is 0 Å². The summed E-state index contributed by atoms with van der Waals surface area (Å²) >= 11 is 1.68. The Morgan fingerprint density at radius 3 is 2.04 bits per heavy atom. The van der Waals surface area contributed by atoms with E-state index in [1.54, 1.807) is 42.1 Å². The molecule has 2 aromatic rings. The Hall–Kier alpha value is -1.63. The lowest BCUT2D eigenvalue weighted by molar-refractivity contribution is 0.0953. The highest BCUT2D eigenvalue weighted by Crippen LogP contribution is 2.30. The first-order chi connectivity index (χ1) is 12.1. The normalized spacial score (nSPS) is 13.6. The van der Waals surface area contributed by atoms with Gasteiger partial charge in [-0.1, -0.05) is 30.3 Å². The summed E-state index contributed by atoms with van der Waals surface area (Å²) in [6, 6.07) is 15.2. The van der Waals surface area contributed by atoms with E-state index in [9.17, 15) is 13.2 Å². The maximum Gasteiger partial charge on any atom is 0.190 e. The molecule has 0 aliphatic rings. The highest BCUT2D eigenvalue weighted by Gasteiger charge is 2.42. The molecular weight excluding hydrogens is 366 g/mol. The third-order valence-corrected chi connectivity index (χ3v) is 8.15. The van der Waals surface area contributed by atoms with Crippen molar-refractivity contribution in [1.29, 1.82) is 0 Å². The van der Waals surface area contributed by atoms with Gasteiger partial charge in [0.2, 0.25) is 0 Å². The van der Waals surface area contributed by atoms with Gasteiger partial charge in [-0.3, -0.25) is 9.69 Å². The zero-order valence-electron chi connectivity index (χ0n) is 15.8. The summed E-state index contributed by atoms with van der Waals surface area (Å²) in [5, 5.41) is 0.298. The molecule has 1 atom stereocenters. The summed E-state index contributed by atoms with van der Waals surface area (Å²) in [5.41, 5.74) is 0.399. The average molecular weight is 392 g/mol. The standard InChI is InChI=1S/C20H25NO3S2/c1-15(21(4)5)25-17-13-11-16(12-14-17)19(22)20(2,3)26(23,24)18-9-7-6-8-10-18/h6-15H,1-5H3. The minimum absolute atomic E-state index is 0.158. The van der Waals surface area contributed by atoms with Gasteiger partial charge in [0.25, 0.3) is 0 Å². The second-order valence-corrected chi connectivity index (χ2v) is 10.7. The Balaban J connectivity index is 2.27. The first-order valence-corrected chi connectivity index (χ1v) is 10.7. The van der Waals surface area contributed by atoms with E-state index in [0.29, 0.717) is 10.9 Å². The number of carbonyl (C=O) groups is 1. The molecule has 0 aliphatic heterocycles. The molecule has 140 valence electrons. The van der Waals surface area contributed by atoms with E-state index < -0.39 is 20.4 Å². The van der Waals surface area contributed by atoms with Gasteiger partial charge in [0.1, 0.15) is 4.75 Å². The number of sulfone groups is 1. The zero-order chi connectivity index (χ0) is 19.5. The van der Waals surface area contributed by atoms with Gasteiger partial charge in [0.15, 0.2) is 15.6 Å². The Morgan fingerprint density at radius 2 is 1.54 bits per heavy atom. The van der Waals surface area contributed by atoms with E-state index in [1.165, 1.54) is 26.0 Å². The molecule has 0 saturated heterocycles. The van der Waals surface area contributed by atoms with Crippen LogP contribution in [-0.2, 0) is 9.84 Å². The molecule has 0 N–H and O–H groups in total. The fourth-order valence-corrected chi connectivity index (χ4v) is 4.72. The smallest absolute Gasteiger partial charge is 0.190 e. The number of hydrogen-bond donors (Lipinski definition) is 0. The molecule has 0 spiro atoms. The van der Waals surface area contributed by atoms with E-state index in [-0.39, 0.29) is 4.90 Å². The molecule has 0 amide bonds. The second-order valence-electron chi connectivity index (χ2n) is 6.86. The third kappa shape index (κ3) is 4.19. The van der Waals surface area contributed by atoms with Crippen LogP contribution in [0.4, 0.5) is 0 Å². The molecule has 0 aromatic heterocycles. The lowest BCUT2D eigenvalue weighted by Gasteiger charge is -2.24. The molecule has 4 nitrogen and oxygen atoms in total.